The zero-order valence-corrected chi connectivity index (χ0v) is 12.5. The second kappa shape index (κ2) is 7.62. The quantitative estimate of drug-likeness (QED) is 0.719. The van der Waals surface area contributed by atoms with Crippen molar-refractivity contribution in [2.24, 2.45) is 5.73 Å². The van der Waals surface area contributed by atoms with E-state index in [4.69, 9.17) is 5.73 Å². The Bertz CT molecular complexity index is 462. The van der Waals surface area contributed by atoms with Gasteiger partial charge in [-0.05, 0) is 12.8 Å². The van der Waals surface area contributed by atoms with Crippen molar-refractivity contribution in [3.05, 3.63) is 11.8 Å². The smallest absolute Gasteiger partial charge is 0.260 e. The lowest BCUT2D eigenvalue weighted by molar-refractivity contribution is 0.393. The summed E-state index contributed by atoms with van der Waals surface area (Å²) in [6.45, 7) is 5.35. The first-order valence-corrected chi connectivity index (χ1v) is 8.24. The van der Waals surface area contributed by atoms with E-state index in [-0.39, 0.29) is 11.6 Å². The molecule has 6 nitrogen and oxygen atoms in total. The van der Waals surface area contributed by atoms with Crippen LogP contribution in [-0.4, -0.2) is 36.0 Å². The first-order chi connectivity index (χ1) is 9.07. The summed E-state index contributed by atoms with van der Waals surface area (Å²) < 4.78 is 26.7. The lowest BCUT2D eigenvalue weighted by Gasteiger charge is -2.21. The fourth-order valence-electron chi connectivity index (χ4n) is 1.82. The number of nitrogens with one attached hydrogen (secondary N) is 1. The minimum Gasteiger partial charge on any atom is -0.326 e. The van der Waals surface area contributed by atoms with Gasteiger partial charge >= 0.3 is 0 Å². The van der Waals surface area contributed by atoms with Gasteiger partial charge in [-0.2, -0.15) is 9.40 Å². The van der Waals surface area contributed by atoms with Crippen LogP contribution in [0.3, 0.4) is 0 Å². The Kier molecular flexibility index (Phi) is 6.47. The maximum atomic E-state index is 12.6. The highest BCUT2D eigenvalue weighted by Crippen LogP contribution is 2.18. The molecule has 0 saturated carbocycles. The van der Waals surface area contributed by atoms with Crippen molar-refractivity contribution in [2.75, 3.05) is 13.1 Å². The van der Waals surface area contributed by atoms with Gasteiger partial charge in [-0.15, -0.1) is 0 Å². The van der Waals surface area contributed by atoms with E-state index in [9.17, 15) is 8.42 Å². The molecule has 0 aliphatic rings. The number of rotatable bonds is 9. The topological polar surface area (TPSA) is 92.1 Å². The van der Waals surface area contributed by atoms with Crippen LogP contribution >= 0.6 is 0 Å². The van der Waals surface area contributed by atoms with Gasteiger partial charge in [0.2, 0.25) is 0 Å². The number of hydrogen-bond acceptors (Lipinski definition) is 4. The van der Waals surface area contributed by atoms with E-state index in [1.54, 1.807) is 0 Å². The normalized spacial score (nSPS) is 12.2. The van der Waals surface area contributed by atoms with Crippen molar-refractivity contribution in [1.82, 2.24) is 14.5 Å². The predicted octanol–water partition coefficient (Wildman–Crippen LogP) is 1.46. The van der Waals surface area contributed by atoms with Crippen molar-refractivity contribution in [3.63, 3.8) is 0 Å². The van der Waals surface area contributed by atoms with Crippen LogP contribution in [-0.2, 0) is 16.6 Å². The summed E-state index contributed by atoms with van der Waals surface area (Å²) in [4.78, 5) is 0. The van der Waals surface area contributed by atoms with E-state index in [0.717, 1.165) is 25.7 Å². The van der Waals surface area contributed by atoms with E-state index >= 15 is 0 Å². The summed E-state index contributed by atoms with van der Waals surface area (Å²) in [5.41, 5.74) is 6.09. The monoisotopic (exact) mass is 288 g/mol. The molecular weight excluding hydrogens is 264 g/mol. The lowest BCUT2D eigenvalue weighted by Crippen LogP contribution is -2.34. The zero-order chi connectivity index (χ0) is 14.3. The summed E-state index contributed by atoms with van der Waals surface area (Å²) >= 11 is 0. The molecule has 3 N–H and O–H groups in total. The van der Waals surface area contributed by atoms with Crippen LogP contribution < -0.4 is 5.73 Å². The molecule has 0 atom stereocenters. The first-order valence-electron chi connectivity index (χ1n) is 6.80. The highest BCUT2D eigenvalue weighted by atomic mass is 32.2. The highest BCUT2D eigenvalue weighted by Gasteiger charge is 2.27. The maximum Gasteiger partial charge on any atom is 0.260 e. The molecule has 1 rings (SSSR count). The largest absolute Gasteiger partial charge is 0.326 e. The van der Waals surface area contributed by atoms with Gasteiger partial charge in [-0.1, -0.05) is 26.7 Å². The second-order valence-corrected chi connectivity index (χ2v) is 6.41. The molecule has 1 heterocycles. The van der Waals surface area contributed by atoms with Crippen LogP contribution in [0.25, 0.3) is 0 Å². The van der Waals surface area contributed by atoms with E-state index in [0.29, 0.717) is 18.7 Å². The first kappa shape index (κ1) is 16.1. The minimum absolute atomic E-state index is 0.141. The number of unbranched alkanes of at least 4 members (excludes halogenated alkanes) is 2. The van der Waals surface area contributed by atoms with Crippen molar-refractivity contribution < 1.29 is 8.42 Å². The van der Waals surface area contributed by atoms with Gasteiger partial charge in [-0.25, -0.2) is 8.42 Å². The Morgan fingerprint density at radius 3 is 2.32 bits per heavy atom. The lowest BCUT2D eigenvalue weighted by atomic mass is 10.3. The molecule has 0 unspecified atom stereocenters. The average molecular weight is 288 g/mol. The number of sulfonamides is 1. The molecule has 0 bridgehead atoms. The molecule has 0 aliphatic heterocycles. The fourth-order valence-corrected chi connectivity index (χ4v) is 3.45. The summed E-state index contributed by atoms with van der Waals surface area (Å²) in [5.74, 6) is 0. The molecule has 0 saturated heterocycles. The number of nitrogens with two attached hydrogens (primary N) is 1. The van der Waals surface area contributed by atoms with Crippen LogP contribution in [0.4, 0.5) is 0 Å². The van der Waals surface area contributed by atoms with Crippen LogP contribution in [0.5, 0.6) is 0 Å². The van der Waals surface area contributed by atoms with Crippen molar-refractivity contribution in [1.29, 1.82) is 0 Å². The fraction of sp³-hybridized carbons (Fsp3) is 0.750. The number of aromatic nitrogens is 2. The summed E-state index contributed by atoms with van der Waals surface area (Å²) in [6.07, 6.45) is 5.12. The number of hydrogen-bond donors (Lipinski definition) is 2. The average Bonchev–Trinajstić information content (AvgIpc) is 2.87. The molecule has 0 aromatic carbocycles. The van der Waals surface area contributed by atoms with Crippen LogP contribution in [0.15, 0.2) is 11.2 Å². The Labute approximate surface area is 115 Å². The Hall–Kier alpha value is -0.920. The minimum atomic E-state index is -3.51. The molecule has 0 amide bonds. The number of aromatic amines is 1. The van der Waals surface area contributed by atoms with E-state index in [1.165, 1.54) is 10.5 Å². The molecule has 1 aromatic heterocycles. The van der Waals surface area contributed by atoms with E-state index in [1.807, 2.05) is 13.8 Å². The molecule has 1 aromatic rings. The summed E-state index contributed by atoms with van der Waals surface area (Å²) in [7, 11) is -3.51. The molecule has 110 valence electrons. The van der Waals surface area contributed by atoms with Gasteiger partial charge in [0.25, 0.3) is 10.0 Å². The maximum absolute atomic E-state index is 12.6. The third-order valence-electron chi connectivity index (χ3n) is 3.02. The van der Waals surface area contributed by atoms with Crippen molar-refractivity contribution in [2.45, 2.75) is 51.1 Å². The number of nitrogens with zero attached hydrogens (tertiary/aromatic N) is 2. The van der Waals surface area contributed by atoms with Gasteiger partial charge in [0.15, 0.2) is 5.03 Å². The molecular formula is C12H24N4O2S. The second-order valence-electron chi connectivity index (χ2n) is 4.54. The number of H-pyrrole nitrogens is 1. The Balaban J connectivity index is 2.97. The van der Waals surface area contributed by atoms with E-state index in [2.05, 4.69) is 10.2 Å². The van der Waals surface area contributed by atoms with Gasteiger partial charge in [0, 0.05) is 25.2 Å². The standard InChI is InChI=1S/C12H24N4O2S/c1-3-5-7-16(8-6-4-2)19(17,18)12-11(9-13)10-14-15-12/h10H,3-9,13H2,1-2H3,(H,14,15). The summed E-state index contributed by atoms with van der Waals surface area (Å²) in [6, 6.07) is 0. The molecule has 7 heteroatoms. The molecule has 19 heavy (non-hydrogen) atoms. The highest BCUT2D eigenvalue weighted by molar-refractivity contribution is 7.89. The Morgan fingerprint density at radius 1 is 1.26 bits per heavy atom. The zero-order valence-electron chi connectivity index (χ0n) is 11.7. The molecule has 0 aliphatic carbocycles. The third kappa shape index (κ3) is 4.02. The molecule has 0 fully saturated rings. The van der Waals surface area contributed by atoms with Gasteiger partial charge < -0.3 is 5.73 Å². The predicted molar refractivity (Wildman–Crippen MR) is 75.1 cm³/mol. The Morgan fingerprint density at radius 2 is 1.84 bits per heavy atom. The van der Waals surface area contributed by atoms with Gasteiger partial charge in [0.1, 0.15) is 0 Å². The summed E-state index contributed by atoms with van der Waals surface area (Å²) in [5, 5.41) is 6.50. The van der Waals surface area contributed by atoms with Crippen LogP contribution in [0.2, 0.25) is 0 Å². The SMILES string of the molecule is CCCCN(CCCC)S(=O)(=O)c1[nH]ncc1CN. The molecule has 0 spiro atoms. The van der Waals surface area contributed by atoms with E-state index < -0.39 is 10.0 Å². The van der Waals surface area contributed by atoms with Gasteiger partial charge in [0.05, 0.1) is 6.20 Å². The van der Waals surface area contributed by atoms with Crippen LogP contribution in [0, 0.1) is 0 Å². The third-order valence-corrected chi connectivity index (χ3v) is 4.93. The van der Waals surface area contributed by atoms with Crippen molar-refractivity contribution >= 4 is 10.0 Å². The molecule has 0 radical (unpaired) electrons. The van der Waals surface area contributed by atoms with Crippen LogP contribution in [0.1, 0.15) is 45.1 Å². The van der Waals surface area contributed by atoms with Gasteiger partial charge in [-0.3, -0.25) is 5.10 Å². The van der Waals surface area contributed by atoms with Crippen molar-refractivity contribution in [3.8, 4) is 0 Å².